The number of benzene rings is 1. The minimum atomic E-state index is -1.07. The lowest BCUT2D eigenvalue weighted by atomic mass is 9.84. The maximum atomic E-state index is 13.4. The van der Waals surface area contributed by atoms with Crippen molar-refractivity contribution >= 4 is 18.0 Å². The van der Waals surface area contributed by atoms with Crippen LogP contribution >= 0.6 is 0 Å². The Hall–Kier alpha value is -2.61. The molecule has 0 N–H and O–H groups in total. The third-order valence-electron chi connectivity index (χ3n) is 7.06. The summed E-state index contributed by atoms with van der Waals surface area (Å²) in [7, 11) is 2.47. The number of ether oxygens (including phenoxy) is 4. The highest BCUT2D eigenvalue weighted by molar-refractivity contribution is 5.94. The molecule has 2 aliphatic rings. The van der Waals surface area contributed by atoms with Crippen LogP contribution in [0.4, 0.5) is 4.79 Å². The second kappa shape index (κ2) is 12.2. The lowest BCUT2D eigenvalue weighted by Gasteiger charge is -2.37. The van der Waals surface area contributed by atoms with Crippen molar-refractivity contribution in [2.45, 2.75) is 76.7 Å². The third kappa shape index (κ3) is 6.50. The normalized spacial score (nSPS) is 23.1. The van der Waals surface area contributed by atoms with Gasteiger partial charge in [-0.25, -0.2) is 4.79 Å². The molecule has 3 rings (SSSR count). The summed E-state index contributed by atoms with van der Waals surface area (Å²) in [5, 5.41) is 0. The van der Waals surface area contributed by atoms with Gasteiger partial charge in [0.2, 0.25) is 0 Å². The Morgan fingerprint density at radius 1 is 1.06 bits per heavy atom. The third-order valence-corrected chi connectivity index (χ3v) is 7.06. The number of nitrogens with zero attached hydrogens (tertiary/aromatic N) is 1. The van der Waals surface area contributed by atoms with E-state index in [1.807, 2.05) is 37.3 Å². The van der Waals surface area contributed by atoms with Gasteiger partial charge in [-0.15, -0.1) is 0 Å². The topological polar surface area (TPSA) is 91.4 Å². The number of hydrogen-bond donors (Lipinski definition) is 0. The molecule has 0 bridgehead atoms. The maximum Gasteiger partial charge on any atom is 0.412 e. The number of esters is 2. The fraction of sp³-hybridized carbons (Fsp3) is 0.654. The van der Waals surface area contributed by atoms with E-state index in [1.54, 1.807) is 4.90 Å². The molecule has 0 aromatic heterocycles. The van der Waals surface area contributed by atoms with Gasteiger partial charge in [0.25, 0.3) is 0 Å². The second-order valence-corrected chi connectivity index (χ2v) is 9.43. The van der Waals surface area contributed by atoms with Crippen LogP contribution in [0.1, 0.15) is 63.9 Å². The van der Waals surface area contributed by atoms with E-state index in [0.29, 0.717) is 12.5 Å². The van der Waals surface area contributed by atoms with Crippen molar-refractivity contribution in [3.63, 3.8) is 0 Å². The first-order chi connectivity index (χ1) is 16.4. The smallest absolute Gasteiger partial charge is 0.412 e. The first kappa shape index (κ1) is 26.0. The zero-order valence-corrected chi connectivity index (χ0v) is 20.5. The Labute approximate surface area is 201 Å². The summed E-state index contributed by atoms with van der Waals surface area (Å²) in [4.78, 5) is 39.4. The highest BCUT2D eigenvalue weighted by atomic mass is 16.6. The molecular formula is C26H37NO7. The van der Waals surface area contributed by atoms with Crippen LogP contribution in [0.2, 0.25) is 0 Å². The summed E-state index contributed by atoms with van der Waals surface area (Å²) in [5.41, 5.74) is -0.106. The molecule has 0 radical (unpaired) electrons. The van der Waals surface area contributed by atoms with Gasteiger partial charge in [0.1, 0.15) is 12.3 Å². The number of carbonyl (C=O) groups excluding carboxylic acids is 3. The van der Waals surface area contributed by atoms with E-state index in [9.17, 15) is 14.4 Å². The van der Waals surface area contributed by atoms with E-state index >= 15 is 0 Å². The number of rotatable bonds is 9. The fourth-order valence-corrected chi connectivity index (χ4v) is 5.14. The largest absolute Gasteiger partial charge is 0.468 e. The van der Waals surface area contributed by atoms with E-state index in [1.165, 1.54) is 33.5 Å². The maximum absolute atomic E-state index is 13.4. The van der Waals surface area contributed by atoms with Crippen LogP contribution in [0.5, 0.6) is 0 Å². The lowest BCUT2D eigenvalue weighted by molar-refractivity contribution is -0.160. The van der Waals surface area contributed by atoms with Crippen LogP contribution in [-0.2, 0) is 35.1 Å². The summed E-state index contributed by atoms with van der Waals surface area (Å²) in [6.07, 6.45) is 6.82. The van der Waals surface area contributed by atoms with E-state index in [4.69, 9.17) is 18.9 Å². The molecule has 1 saturated carbocycles. The molecule has 2 atom stereocenters. The molecule has 1 aliphatic carbocycles. The standard InChI is InChI=1S/C26H37NO7/c1-26(15-14-22(23(28)31-2)24(29)32-3)27(25(30)33-17-20-12-8-5-9-13-20)21(18-34-26)16-19-10-6-4-7-11-19/h5,8-9,12-13,19,21-22H,4,6-7,10-11,14-18H2,1-3H3/t21-,26?/m0/s1. The summed E-state index contributed by atoms with van der Waals surface area (Å²) >= 11 is 0. The average molecular weight is 476 g/mol. The van der Waals surface area contributed by atoms with Gasteiger partial charge in [-0.1, -0.05) is 62.4 Å². The predicted molar refractivity (Wildman–Crippen MR) is 125 cm³/mol. The number of amides is 1. The molecular weight excluding hydrogens is 438 g/mol. The van der Waals surface area contributed by atoms with Gasteiger partial charge in [0.05, 0.1) is 26.9 Å². The summed E-state index contributed by atoms with van der Waals surface area (Å²) in [5.74, 6) is -1.85. The molecule has 1 unspecified atom stereocenters. The van der Waals surface area contributed by atoms with Crippen molar-refractivity contribution in [3.05, 3.63) is 35.9 Å². The molecule has 8 heteroatoms. The quantitative estimate of drug-likeness (QED) is 0.296. The van der Waals surface area contributed by atoms with Gasteiger partial charge >= 0.3 is 18.0 Å². The molecule has 1 heterocycles. The zero-order chi connectivity index (χ0) is 24.6. The Bertz CT molecular complexity index is 808. The number of methoxy groups -OCH3 is 2. The fourth-order valence-electron chi connectivity index (χ4n) is 5.14. The van der Waals surface area contributed by atoms with Crippen LogP contribution in [0, 0.1) is 11.8 Å². The Morgan fingerprint density at radius 3 is 2.32 bits per heavy atom. The first-order valence-electron chi connectivity index (χ1n) is 12.2. The Kier molecular flexibility index (Phi) is 9.33. The van der Waals surface area contributed by atoms with Gasteiger partial charge in [0.15, 0.2) is 5.92 Å². The molecule has 188 valence electrons. The predicted octanol–water partition coefficient (Wildman–Crippen LogP) is 4.45. The van der Waals surface area contributed by atoms with Crippen molar-refractivity contribution in [1.29, 1.82) is 0 Å². The molecule has 2 fully saturated rings. The Morgan fingerprint density at radius 2 is 1.71 bits per heavy atom. The molecule has 1 saturated heterocycles. The first-order valence-corrected chi connectivity index (χ1v) is 12.2. The molecule has 34 heavy (non-hydrogen) atoms. The molecule has 1 aromatic carbocycles. The lowest BCUT2D eigenvalue weighted by Crippen LogP contribution is -2.51. The highest BCUT2D eigenvalue weighted by Crippen LogP contribution is 2.38. The van der Waals surface area contributed by atoms with Crippen molar-refractivity contribution in [2.24, 2.45) is 11.8 Å². The Balaban J connectivity index is 1.74. The minimum absolute atomic E-state index is 0.119. The summed E-state index contributed by atoms with van der Waals surface area (Å²) in [6, 6.07) is 9.41. The second-order valence-electron chi connectivity index (χ2n) is 9.43. The average Bonchev–Trinajstić information content (AvgIpc) is 3.19. The van der Waals surface area contributed by atoms with Crippen molar-refractivity contribution in [3.8, 4) is 0 Å². The minimum Gasteiger partial charge on any atom is -0.468 e. The van der Waals surface area contributed by atoms with Crippen LogP contribution in [0.25, 0.3) is 0 Å². The zero-order valence-electron chi connectivity index (χ0n) is 20.5. The van der Waals surface area contributed by atoms with Gasteiger partial charge in [-0.3, -0.25) is 14.5 Å². The van der Waals surface area contributed by atoms with Crippen LogP contribution in [-0.4, -0.2) is 55.5 Å². The van der Waals surface area contributed by atoms with Crippen LogP contribution in [0.3, 0.4) is 0 Å². The SMILES string of the molecule is COC(=O)C(CCC1(C)OC[C@H](CC2CCCCC2)N1C(=O)OCc1ccccc1)C(=O)OC. The van der Waals surface area contributed by atoms with Crippen molar-refractivity contribution in [2.75, 3.05) is 20.8 Å². The molecule has 8 nitrogen and oxygen atoms in total. The van der Waals surface area contributed by atoms with Gasteiger partial charge in [-0.2, -0.15) is 0 Å². The van der Waals surface area contributed by atoms with Gasteiger partial charge in [-0.05, 0) is 37.7 Å². The molecule has 0 spiro atoms. The molecule has 1 aromatic rings. The van der Waals surface area contributed by atoms with Gasteiger partial charge in [0, 0.05) is 0 Å². The summed E-state index contributed by atoms with van der Waals surface area (Å²) < 4.78 is 21.4. The van der Waals surface area contributed by atoms with Crippen LogP contribution < -0.4 is 0 Å². The van der Waals surface area contributed by atoms with E-state index < -0.39 is 29.7 Å². The van der Waals surface area contributed by atoms with Crippen LogP contribution in [0.15, 0.2) is 30.3 Å². The van der Waals surface area contributed by atoms with Gasteiger partial charge < -0.3 is 18.9 Å². The number of hydrogen-bond acceptors (Lipinski definition) is 7. The van der Waals surface area contributed by atoms with E-state index in [2.05, 4.69) is 0 Å². The molecule has 1 amide bonds. The van der Waals surface area contributed by atoms with E-state index in [-0.39, 0.29) is 25.5 Å². The highest BCUT2D eigenvalue weighted by Gasteiger charge is 2.49. The molecule has 1 aliphatic heterocycles. The number of carbonyl (C=O) groups is 3. The summed E-state index contributed by atoms with van der Waals surface area (Å²) in [6.45, 7) is 2.38. The van der Waals surface area contributed by atoms with Crippen molar-refractivity contribution in [1.82, 2.24) is 4.90 Å². The monoisotopic (exact) mass is 475 g/mol. The van der Waals surface area contributed by atoms with E-state index in [0.717, 1.165) is 24.8 Å². The van der Waals surface area contributed by atoms with Crippen molar-refractivity contribution < 1.29 is 33.3 Å².